The Morgan fingerprint density at radius 1 is 1.15 bits per heavy atom. The molecule has 0 aliphatic carbocycles. The molecule has 6 heterocycles. The lowest BCUT2D eigenvalue weighted by Crippen LogP contribution is -2.64. The molecule has 332 valence electrons. The summed E-state index contributed by atoms with van der Waals surface area (Å²) in [6.07, 6.45) is 3.42. The Morgan fingerprint density at radius 2 is 1.92 bits per heavy atom. The van der Waals surface area contributed by atoms with E-state index in [1.807, 2.05) is 24.4 Å². The quantitative estimate of drug-likeness (QED) is 0.182. The third kappa shape index (κ3) is 8.79. The minimum Gasteiger partial charge on any atom is -0.480 e. The Kier molecular flexibility index (Phi) is 13.1. The lowest BCUT2D eigenvalue weighted by atomic mass is 9.84. The van der Waals surface area contributed by atoms with E-state index in [1.165, 1.54) is 33.2 Å². The number of fused-ring (bicyclic) bond motifs is 6. The number of nitrogens with one attached hydrogen (secondary N) is 2. The van der Waals surface area contributed by atoms with Crippen molar-refractivity contribution in [2.75, 3.05) is 33.9 Å². The van der Waals surface area contributed by atoms with E-state index in [0.29, 0.717) is 43.8 Å². The van der Waals surface area contributed by atoms with Crippen LogP contribution in [0.25, 0.3) is 33.4 Å². The van der Waals surface area contributed by atoms with E-state index in [2.05, 4.69) is 54.3 Å². The fourth-order valence-corrected chi connectivity index (χ4v) is 9.79. The lowest BCUT2D eigenvalue weighted by molar-refractivity contribution is -0.155. The van der Waals surface area contributed by atoms with Crippen LogP contribution in [-0.4, -0.2) is 122 Å². The van der Waals surface area contributed by atoms with Crippen LogP contribution in [-0.2, 0) is 48.0 Å². The Hall–Kier alpha value is -5.39. The highest BCUT2D eigenvalue weighted by atomic mass is 32.1. The number of carboxylic acid groups (broad SMARTS) is 1. The van der Waals surface area contributed by atoms with Crippen LogP contribution in [0.4, 0.5) is 4.79 Å². The summed E-state index contributed by atoms with van der Waals surface area (Å²) in [6.45, 7) is 13.2. The van der Waals surface area contributed by atoms with Crippen molar-refractivity contribution in [3.63, 3.8) is 0 Å². The van der Waals surface area contributed by atoms with Crippen molar-refractivity contribution >= 4 is 52.0 Å². The van der Waals surface area contributed by atoms with Gasteiger partial charge in [-0.3, -0.25) is 24.4 Å². The average molecular weight is 871 g/mol. The van der Waals surface area contributed by atoms with E-state index in [-0.39, 0.29) is 31.6 Å². The van der Waals surface area contributed by atoms with Crippen molar-refractivity contribution in [1.29, 1.82) is 0 Å². The molecule has 7 rings (SSSR count). The second-order valence-electron chi connectivity index (χ2n) is 17.7. The second kappa shape index (κ2) is 18.1. The first-order valence-corrected chi connectivity index (χ1v) is 22.3. The summed E-state index contributed by atoms with van der Waals surface area (Å²) in [4.78, 5) is 80.1. The Balaban J connectivity index is 1.29. The molecule has 0 spiro atoms. The first kappa shape index (κ1) is 44.7. The number of methoxy groups -OCH3 is 1. The van der Waals surface area contributed by atoms with E-state index >= 15 is 0 Å². The van der Waals surface area contributed by atoms with Crippen LogP contribution in [0.1, 0.15) is 83.2 Å². The van der Waals surface area contributed by atoms with Crippen LogP contribution >= 0.6 is 11.3 Å². The summed E-state index contributed by atoms with van der Waals surface area (Å²) in [7, 11) is 3.15. The maximum Gasteiger partial charge on any atom is 0.326 e. The van der Waals surface area contributed by atoms with E-state index in [0.717, 1.165) is 44.7 Å². The van der Waals surface area contributed by atoms with Crippen molar-refractivity contribution in [2.45, 2.75) is 110 Å². The van der Waals surface area contributed by atoms with Gasteiger partial charge in [0.1, 0.15) is 24.2 Å². The number of pyridine rings is 1. The van der Waals surface area contributed by atoms with Crippen molar-refractivity contribution in [1.82, 2.24) is 40.1 Å². The van der Waals surface area contributed by atoms with Gasteiger partial charge in [0.2, 0.25) is 5.91 Å². The molecule has 2 fully saturated rings. The molecule has 3 N–H and O–H groups in total. The molecule has 1 unspecified atom stereocenters. The van der Waals surface area contributed by atoms with Crippen LogP contribution in [0.2, 0.25) is 0 Å². The van der Waals surface area contributed by atoms with E-state index in [1.54, 1.807) is 27.2 Å². The highest BCUT2D eigenvalue weighted by molar-refractivity contribution is 7.10. The number of nitrogens with zero attached hydrogens (tertiary/aromatic N) is 6. The molecule has 0 saturated carbocycles. The van der Waals surface area contributed by atoms with Gasteiger partial charge in [-0.2, -0.15) is 0 Å². The topological polar surface area (TPSA) is 189 Å². The number of likely N-dealkylation sites (tertiary alicyclic amines) is 1. The molecule has 4 aromatic rings. The smallest absolute Gasteiger partial charge is 0.326 e. The van der Waals surface area contributed by atoms with Gasteiger partial charge in [-0.05, 0) is 75.3 Å². The van der Waals surface area contributed by atoms with Gasteiger partial charge in [-0.25, -0.2) is 20.0 Å². The summed E-state index contributed by atoms with van der Waals surface area (Å²) < 4.78 is 14.2. The number of aromatic nitrogens is 3. The van der Waals surface area contributed by atoms with Gasteiger partial charge in [0.25, 0.3) is 5.91 Å². The minimum atomic E-state index is -1.12. The van der Waals surface area contributed by atoms with E-state index in [4.69, 9.17) is 19.4 Å². The van der Waals surface area contributed by atoms with Gasteiger partial charge >= 0.3 is 18.0 Å². The van der Waals surface area contributed by atoms with Gasteiger partial charge in [0.15, 0.2) is 0 Å². The molecular formula is C45H58N8O8S. The molecule has 16 nitrogen and oxygen atoms in total. The molecule has 3 aliphatic heterocycles. The summed E-state index contributed by atoms with van der Waals surface area (Å²) in [5.74, 6) is -3.00. The summed E-state index contributed by atoms with van der Waals surface area (Å²) in [6, 6.07) is 5.84. The molecule has 6 bridgehead atoms. The number of hydrogen-bond acceptors (Lipinski definition) is 11. The van der Waals surface area contributed by atoms with Crippen molar-refractivity contribution < 1.29 is 38.6 Å². The zero-order valence-corrected chi connectivity index (χ0v) is 37.6. The Morgan fingerprint density at radius 3 is 2.60 bits per heavy atom. The molecule has 4 amide bonds. The normalized spacial score (nSPS) is 21.5. The number of aryl methyl sites for hydroxylation is 1. The monoisotopic (exact) mass is 870 g/mol. The number of carbonyl (C=O) groups is 5. The lowest BCUT2D eigenvalue weighted by Gasteiger charge is -2.42. The van der Waals surface area contributed by atoms with Crippen LogP contribution in [0.3, 0.4) is 0 Å². The van der Waals surface area contributed by atoms with Gasteiger partial charge in [-0.15, -0.1) is 11.3 Å². The number of benzene rings is 1. The number of esters is 1. The predicted molar refractivity (Wildman–Crippen MR) is 234 cm³/mol. The molecule has 3 aliphatic rings. The van der Waals surface area contributed by atoms with Gasteiger partial charge in [-0.1, -0.05) is 33.8 Å². The van der Waals surface area contributed by atoms with Gasteiger partial charge in [0, 0.05) is 79.2 Å². The molecule has 3 aromatic heterocycles. The second-order valence-corrected chi connectivity index (χ2v) is 18.6. The van der Waals surface area contributed by atoms with Crippen molar-refractivity contribution in [3.8, 4) is 22.5 Å². The number of carbonyl (C=O) groups excluding carboxylic acids is 4. The van der Waals surface area contributed by atoms with Crippen molar-refractivity contribution in [2.24, 2.45) is 11.3 Å². The third-order valence-electron chi connectivity index (χ3n) is 12.3. The third-order valence-corrected chi connectivity index (χ3v) is 13.2. The predicted octanol–water partition coefficient (Wildman–Crippen LogP) is 5.44. The fraction of sp³-hybridized carbons (Fsp3) is 0.533. The SMILES string of the molecule is CCn1c(-c2cccnc2[C@H](C)OC)c2c3cc(ccc31)-c1csc(n1)C[C@H](NC(=O)[C@H](C(C)C)N(C)C(=O)N1CCC1C(=O)O)C(=O)N1CCC[C@H](N1)C(=O)OCC(C)(C)C2. The highest BCUT2D eigenvalue weighted by Crippen LogP contribution is 2.42. The largest absolute Gasteiger partial charge is 0.480 e. The van der Waals surface area contributed by atoms with Crippen molar-refractivity contribution in [3.05, 3.63) is 58.2 Å². The van der Waals surface area contributed by atoms with Crippen LogP contribution < -0.4 is 10.7 Å². The summed E-state index contributed by atoms with van der Waals surface area (Å²) >= 11 is 1.38. The fourth-order valence-electron chi connectivity index (χ4n) is 8.94. The van der Waals surface area contributed by atoms with Gasteiger partial charge in [0.05, 0.1) is 34.8 Å². The number of urea groups is 1. The molecule has 2 saturated heterocycles. The standard InChI is InChI=1S/C45H58N8O8S/c1-9-51-34-15-14-27-20-29(34)30(39(51)28-12-10-17-46-37(28)26(4)60-8)22-45(5,6)24-61-43(58)31-13-11-18-53(49-31)41(55)32(21-36-47-33(27)23-62-36)48-40(54)38(25(2)3)50(7)44(59)52-19-16-35(52)42(56)57/h10,12,14-15,17,20,23,25-26,31-32,35,38,49H,9,11,13,16,18-19,21-22,24H2,1-8H3,(H,48,54)(H,56,57)/t26-,31-,32-,35?,38-/m0/s1. The number of rotatable bonds is 9. The number of carboxylic acids is 1. The highest BCUT2D eigenvalue weighted by Gasteiger charge is 2.43. The van der Waals surface area contributed by atoms with Gasteiger partial charge < -0.3 is 34.3 Å². The molecular weight excluding hydrogens is 813 g/mol. The van der Waals surface area contributed by atoms with E-state index in [9.17, 15) is 29.1 Å². The molecule has 1 aromatic carbocycles. The number of hydrazine groups is 1. The van der Waals surface area contributed by atoms with Crippen LogP contribution in [0.15, 0.2) is 41.9 Å². The zero-order valence-electron chi connectivity index (χ0n) is 36.8. The first-order chi connectivity index (χ1) is 29.5. The van der Waals surface area contributed by atoms with Crippen LogP contribution in [0.5, 0.6) is 0 Å². The molecule has 5 atom stereocenters. The number of ether oxygens (including phenoxy) is 2. The number of cyclic esters (lactones) is 1. The summed E-state index contributed by atoms with van der Waals surface area (Å²) in [5, 5.41) is 17.5. The zero-order chi connectivity index (χ0) is 44.6. The molecule has 62 heavy (non-hydrogen) atoms. The maximum atomic E-state index is 14.5. The Labute approximate surface area is 365 Å². The average Bonchev–Trinajstić information content (AvgIpc) is 3.82. The molecule has 0 radical (unpaired) electrons. The number of aliphatic carboxylic acids is 1. The number of thiazole rings is 1. The maximum absolute atomic E-state index is 14.5. The number of amides is 4. The molecule has 17 heteroatoms. The Bertz CT molecular complexity index is 2360. The number of likely N-dealkylation sites (N-methyl/N-ethyl adjacent to an activating group) is 1. The van der Waals surface area contributed by atoms with E-state index < -0.39 is 59.4 Å². The summed E-state index contributed by atoms with van der Waals surface area (Å²) in [5.41, 5.74) is 9.11. The number of hydrogen-bond donors (Lipinski definition) is 3. The first-order valence-electron chi connectivity index (χ1n) is 21.4. The minimum absolute atomic E-state index is 0.0394. The van der Waals surface area contributed by atoms with Crippen LogP contribution in [0, 0.1) is 11.3 Å².